The lowest BCUT2D eigenvalue weighted by Crippen LogP contribution is -2.46. The largest absolute Gasteiger partial charge is 0.391 e. The fourth-order valence-corrected chi connectivity index (χ4v) is 3.22. The molecule has 0 unspecified atom stereocenters. The molecule has 3 nitrogen and oxygen atoms in total. The van der Waals surface area contributed by atoms with Gasteiger partial charge in [0.2, 0.25) is 0 Å². The van der Waals surface area contributed by atoms with Crippen LogP contribution in [0.25, 0.3) is 0 Å². The number of ketones is 1. The van der Waals surface area contributed by atoms with Crippen LogP contribution >= 0.6 is 15.9 Å². The van der Waals surface area contributed by atoms with E-state index in [1.807, 2.05) is 31.2 Å². The molecule has 0 N–H and O–H groups in total. The number of fused-ring (bicyclic) bond motifs is 1. The average Bonchev–Trinajstić information content (AvgIpc) is 2.69. The van der Waals surface area contributed by atoms with Gasteiger partial charge in [0, 0.05) is 16.5 Å². The van der Waals surface area contributed by atoms with Gasteiger partial charge in [-0.05, 0) is 31.9 Å². The van der Waals surface area contributed by atoms with Crippen molar-refractivity contribution in [1.82, 2.24) is 0 Å². The maximum atomic E-state index is 12.3. The number of carbonyl (C=O) groups excluding carboxylic acids is 1. The van der Waals surface area contributed by atoms with Crippen molar-refractivity contribution in [2.24, 2.45) is 10.6 Å². The Balaban J connectivity index is 2.05. The third-order valence-electron chi connectivity index (χ3n) is 3.95. The molecule has 4 heteroatoms. The highest BCUT2D eigenvalue weighted by molar-refractivity contribution is 9.10. The van der Waals surface area contributed by atoms with Crippen molar-refractivity contribution < 1.29 is 9.63 Å². The van der Waals surface area contributed by atoms with Crippen molar-refractivity contribution in [3.8, 4) is 0 Å². The number of benzene rings is 1. The summed E-state index contributed by atoms with van der Waals surface area (Å²) in [6.07, 6.45) is 2.35. The summed E-state index contributed by atoms with van der Waals surface area (Å²) in [5.41, 5.74) is 1.17. The van der Waals surface area contributed by atoms with Crippen LogP contribution in [0, 0.1) is 5.41 Å². The molecule has 0 saturated heterocycles. The van der Waals surface area contributed by atoms with Crippen molar-refractivity contribution in [3.05, 3.63) is 34.3 Å². The number of nitrogens with zero attached hydrogens (tertiary/aromatic N) is 1. The molecule has 3 rings (SSSR count). The smallest absolute Gasteiger partial charge is 0.148 e. The minimum atomic E-state index is -0.570. The van der Waals surface area contributed by atoms with Crippen molar-refractivity contribution >= 4 is 27.4 Å². The number of oxime groups is 1. The first-order valence-corrected chi connectivity index (χ1v) is 6.95. The van der Waals surface area contributed by atoms with Crippen LogP contribution in [0.15, 0.2) is 33.9 Å². The number of halogens is 1. The Labute approximate surface area is 114 Å². The van der Waals surface area contributed by atoms with Crippen LogP contribution in [-0.4, -0.2) is 17.6 Å². The van der Waals surface area contributed by atoms with Gasteiger partial charge < -0.3 is 4.84 Å². The van der Waals surface area contributed by atoms with Crippen LogP contribution < -0.4 is 0 Å². The van der Waals surface area contributed by atoms with Crippen molar-refractivity contribution in [1.29, 1.82) is 0 Å². The van der Waals surface area contributed by atoms with Gasteiger partial charge in [-0.1, -0.05) is 33.2 Å². The summed E-state index contributed by atoms with van der Waals surface area (Å²) < 4.78 is 0.984. The quantitative estimate of drug-likeness (QED) is 0.798. The number of hydrogen-bond donors (Lipinski definition) is 0. The normalized spacial score (nSPS) is 30.7. The summed E-state index contributed by atoms with van der Waals surface area (Å²) in [7, 11) is 0. The molecule has 0 aromatic heterocycles. The molecule has 0 amide bonds. The Morgan fingerprint density at radius 1 is 1.50 bits per heavy atom. The third kappa shape index (κ3) is 1.62. The van der Waals surface area contributed by atoms with Crippen LogP contribution in [-0.2, 0) is 9.63 Å². The monoisotopic (exact) mass is 307 g/mol. The van der Waals surface area contributed by atoms with Gasteiger partial charge in [0.25, 0.3) is 0 Å². The van der Waals surface area contributed by atoms with Crippen LogP contribution in [0.2, 0.25) is 0 Å². The highest BCUT2D eigenvalue weighted by atomic mass is 79.9. The molecule has 0 bridgehead atoms. The molecule has 1 aromatic rings. The summed E-state index contributed by atoms with van der Waals surface area (Å²) in [6, 6.07) is 7.87. The second-order valence-corrected chi connectivity index (χ2v) is 5.98. The predicted molar refractivity (Wildman–Crippen MR) is 72.5 cm³/mol. The Hall–Kier alpha value is -1.16. The maximum absolute atomic E-state index is 12.3. The molecule has 18 heavy (non-hydrogen) atoms. The molecule has 0 spiro atoms. The van der Waals surface area contributed by atoms with Crippen LogP contribution in [0.3, 0.4) is 0 Å². The fraction of sp³-hybridized carbons (Fsp3) is 0.429. The number of rotatable bonds is 1. The van der Waals surface area contributed by atoms with Crippen LogP contribution in [0.1, 0.15) is 31.7 Å². The molecular weight excluding hydrogens is 294 g/mol. The summed E-state index contributed by atoms with van der Waals surface area (Å²) in [5, 5.41) is 4.19. The molecule has 0 radical (unpaired) electrons. The van der Waals surface area contributed by atoms with Crippen molar-refractivity contribution in [2.45, 2.75) is 32.3 Å². The van der Waals surface area contributed by atoms with Gasteiger partial charge in [-0.3, -0.25) is 4.79 Å². The lowest BCUT2D eigenvalue weighted by atomic mass is 9.68. The summed E-state index contributed by atoms with van der Waals surface area (Å²) >= 11 is 3.45. The zero-order valence-corrected chi connectivity index (χ0v) is 11.7. The van der Waals surface area contributed by atoms with Gasteiger partial charge in [0.05, 0.1) is 0 Å². The topological polar surface area (TPSA) is 38.7 Å². The van der Waals surface area contributed by atoms with E-state index in [0.717, 1.165) is 28.6 Å². The fourth-order valence-electron chi connectivity index (χ4n) is 2.82. The minimum absolute atomic E-state index is 0.0901. The first-order chi connectivity index (χ1) is 8.62. The Morgan fingerprint density at radius 3 is 3.11 bits per heavy atom. The van der Waals surface area contributed by atoms with E-state index in [0.29, 0.717) is 6.42 Å². The highest BCUT2D eigenvalue weighted by Gasteiger charge is 2.53. The summed E-state index contributed by atoms with van der Waals surface area (Å²) in [5.74, 6) is 0.245. The standard InChI is InChI=1S/C14H14BrNO2/c1-14-11(17)6-3-7-12(14)18-16-13(14)9-4-2-5-10(15)8-9/h2,4-5,8,12H,3,6-7H2,1H3/t12-,14+/m0/s1. The van der Waals surface area contributed by atoms with Gasteiger partial charge in [0.1, 0.15) is 23.0 Å². The Kier molecular flexibility index (Phi) is 2.77. The third-order valence-corrected chi connectivity index (χ3v) is 4.45. The molecule has 1 aromatic carbocycles. The van der Waals surface area contributed by atoms with E-state index in [9.17, 15) is 4.79 Å². The molecule has 1 saturated carbocycles. The molecule has 1 aliphatic heterocycles. The van der Waals surface area contributed by atoms with E-state index in [1.54, 1.807) is 0 Å². The molecule has 94 valence electrons. The number of hydrogen-bond acceptors (Lipinski definition) is 3. The van der Waals surface area contributed by atoms with Crippen molar-refractivity contribution in [3.63, 3.8) is 0 Å². The number of Topliss-reactive ketones (excluding diaryl/α,β-unsaturated/α-hetero) is 1. The first kappa shape index (κ1) is 11.9. The highest BCUT2D eigenvalue weighted by Crippen LogP contribution is 2.42. The first-order valence-electron chi connectivity index (χ1n) is 6.16. The van der Waals surface area contributed by atoms with Gasteiger partial charge >= 0.3 is 0 Å². The second-order valence-electron chi connectivity index (χ2n) is 5.06. The van der Waals surface area contributed by atoms with E-state index in [-0.39, 0.29) is 11.9 Å². The Morgan fingerprint density at radius 2 is 2.33 bits per heavy atom. The molecular formula is C14H14BrNO2. The lowest BCUT2D eigenvalue weighted by molar-refractivity contribution is -0.132. The van der Waals surface area contributed by atoms with E-state index in [4.69, 9.17) is 4.84 Å². The maximum Gasteiger partial charge on any atom is 0.148 e. The Bertz CT molecular complexity index is 540. The van der Waals surface area contributed by atoms with Gasteiger partial charge in [-0.2, -0.15) is 0 Å². The molecule has 2 aliphatic rings. The zero-order valence-electron chi connectivity index (χ0n) is 10.1. The number of carbonyl (C=O) groups is 1. The van der Waals surface area contributed by atoms with E-state index in [1.165, 1.54) is 0 Å². The van der Waals surface area contributed by atoms with Gasteiger partial charge in [0.15, 0.2) is 0 Å². The second kappa shape index (κ2) is 4.19. The predicted octanol–water partition coefficient (Wildman–Crippen LogP) is 3.31. The van der Waals surface area contributed by atoms with E-state index in [2.05, 4.69) is 21.1 Å². The SMILES string of the molecule is C[C@@]12C(=O)CCC[C@@H]1ON=C2c1cccc(Br)c1. The van der Waals surface area contributed by atoms with Crippen molar-refractivity contribution in [2.75, 3.05) is 0 Å². The van der Waals surface area contributed by atoms with Gasteiger partial charge in [-0.25, -0.2) is 0 Å². The minimum Gasteiger partial charge on any atom is -0.391 e. The average molecular weight is 308 g/mol. The van der Waals surface area contributed by atoms with E-state index >= 15 is 0 Å². The molecule has 1 fully saturated rings. The molecule has 1 heterocycles. The molecule has 2 atom stereocenters. The summed E-state index contributed by atoms with van der Waals surface area (Å²) in [6.45, 7) is 1.96. The van der Waals surface area contributed by atoms with Gasteiger partial charge in [-0.15, -0.1) is 0 Å². The molecule has 1 aliphatic carbocycles. The summed E-state index contributed by atoms with van der Waals surface area (Å²) in [4.78, 5) is 17.8. The van der Waals surface area contributed by atoms with E-state index < -0.39 is 5.41 Å². The van der Waals surface area contributed by atoms with Crippen LogP contribution in [0.4, 0.5) is 0 Å². The van der Waals surface area contributed by atoms with Crippen LogP contribution in [0.5, 0.6) is 0 Å². The zero-order chi connectivity index (χ0) is 12.8. The lowest BCUT2D eigenvalue weighted by Gasteiger charge is -2.32.